The number of amides is 1. The first kappa shape index (κ1) is 12.5. The smallest absolute Gasteiger partial charge is 0.252 e. The molecule has 3 nitrogen and oxygen atoms in total. The van der Waals surface area contributed by atoms with Gasteiger partial charge < -0.3 is 5.32 Å². The van der Waals surface area contributed by atoms with Crippen LogP contribution in [0.3, 0.4) is 0 Å². The van der Waals surface area contributed by atoms with Gasteiger partial charge in [-0.1, -0.05) is 0 Å². The zero-order valence-corrected chi connectivity index (χ0v) is 10.7. The summed E-state index contributed by atoms with van der Waals surface area (Å²) in [5, 5.41) is 2.85. The first-order valence-corrected chi connectivity index (χ1v) is 5.85. The number of carbonyl (C=O) groups is 1. The van der Waals surface area contributed by atoms with E-state index in [4.69, 9.17) is 11.6 Å². The van der Waals surface area contributed by atoms with Gasteiger partial charge in [-0.15, -0.1) is 11.6 Å². The highest BCUT2D eigenvalue weighted by atomic mass is 79.9. The van der Waals surface area contributed by atoms with Crippen LogP contribution in [0.15, 0.2) is 22.9 Å². The van der Waals surface area contributed by atoms with Crippen LogP contribution >= 0.6 is 27.5 Å². The molecular weight excluding hydrogens is 279 g/mol. The Balaban J connectivity index is 2.47. The third kappa shape index (κ3) is 4.62. The fraction of sp³-hybridized carbons (Fsp3) is 0.400. The van der Waals surface area contributed by atoms with Crippen LogP contribution in [0, 0.1) is 0 Å². The van der Waals surface area contributed by atoms with Gasteiger partial charge in [0.1, 0.15) is 0 Å². The molecule has 1 heterocycles. The second kappa shape index (κ2) is 6.08. The van der Waals surface area contributed by atoms with Crippen molar-refractivity contribution in [2.24, 2.45) is 0 Å². The first-order chi connectivity index (χ1) is 7.09. The summed E-state index contributed by atoms with van der Waals surface area (Å²) in [4.78, 5) is 15.5. The minimum atomic E-state index is -0.124. The molecule has 1 atom stereocenters. The molecule has 0 aliphatic heterocycles. The van der Waals surface area contributed by atoms with Crippen molar-refractivity contribution in [3.63, 3.8) is 0 Å². The number of carbonyl (C=O) groups excluding carboxylic acids is 1. The average molecular weight is 292 g/mol. The van der Waals surface area contributed by atoms with Gasteiger partial charge in [-0.05, 0) is 35.3 Å². The largest absolute Gasteiger partial charge is 0.352 e. The molecule has 1 rings (SSSR count). The number of rotatable bonds is 4. The zero-order chi connectivity index (χ0) is 11.3. The Bertz CT molecular complexity index is 344. The normalized spacial score (nSPS) is 12.2. The van der Waals surface area contributed by atoms with Crippen molar-refractivity contribution in [1.29, 1.82) is 0 Å². The predicted molar refractivity (Wildman–Crippen MR) is 64.2 cm³/mol. The second-order valence-corrected chi connectivity index (χ2v) is 4.88. The van der Waals surface area contributed by atoms with E-state index in [0.29, 0.717) is 12.1 Å². The van der Waals surface area contributed by atoms with Crippen LogP contribution in [0.4, 0.5) is 0 Å². The number of pyridine rings is 1. The Morgan fingerprint density at radius 3 is 3.00 bits per heavy atom. The molecule has 0 fully saturated rings. The highest BCUT2D eigenvalue weighted by Gasteiger charge is 2.06. The van der Waals surface area contributed by atoms with Crippen molar-refractivity contribution >= 4 is 33.4 Å². The Kier molecular flexibility index (Phi) is 5.05. The summed E-state index contributed by atoms with van der Waals surface area (Å²) in [5.41, 5.74) is 0.548. The standard InChI is InChI=1S/C10H12BrClN2O/c1-7(12)2-3-14-10(15)8-4-9(11)6-13-5-8/h4-7H,2-3H2,1H3,(H,14,15). The van der Waals surface area contributed by atoms with Gasteiger partial charge in [-0.2, -0.15) is 0 Å². The number of nitrogens with zero attached hydrogens (tertiary/aromatic N) is 1. The highest BCUT2D eigenvalue weighted by Crippen LogP contribution is 2.09. The van der Waals surface area contributed by atoms with Crippen LogP contribution in [0.2, 0.25) is 0 Å². The molecule has 0 bridgehead atoms. The maximum Gasteiger partial charge on any atom is 0.252 e. The molecule has 0 aliphatic rings. The summed E-state index contributed by atoms with van der Waals surface area (Å²) in [6.45, 7) is 2.48. The molecule has 0 saturated carbocycles. The maximum atomic E-state index is 11.6. The van der Waals surface area contributed by atoms with Gasteiger partial charge in [-0.25, -0.2) is 0 Å². The van der Waals surface area contributed by atoms with E-state index in [1.807, 2.05) is 6.92 Å². The minimum absolute atomic E-state index is 0.0749. The van der Waals surface area contributed by atoms with E-state index in [9.17, 15) is 4.79 Å². The molecule has 1 N–H and O–H groups in total. The Hall–Kier alpha value is -0.610. The summed E-state index contributed by atoms with van der Waals surface area (Å²) in [5.74, 6) is -0.124. The number of hydrogen-bond donors (Lipinski definition) is 1. The predicted octanol–water partition coefficient (Wildman–Crippen LogP) is 2.59. The van der Waals surface area contributed by atoms with Gasteiger partial charge >= 0.3 is 0 Å². The molecule has 1 aromatic heterocycles. The topological polar surface area (TPSA) is 42.0 Å². The van der Waals surface area contributed by atoms with E-state index < -0.39 is 0 Å². The van der Waals surface area contributed by atoms with Crippen LogP contribution in [0.5, 0.6) is 0 Å². The van der Waals surface area contributed by atoms with Crippen LogP contribution in [-0.2, 0) is 0 Å². The number of aromatic nitrogens is 1. The van der Waals surface area contributed by atoms with E-state index >= 15 is 0 Å². The highest BCUT2D eigenvalue weighted by molar-refractivity contribution is 9.10. The van der Waals surface area contributed by atoms with Gasteiger partial charge in [-0.3, -0.25) is 9.78 Å². The fourth-order valence-electron chi connectivity index (χ4n) is 1.02. The van der Waals surface area contributed by atoms with Gasteiger partial charge in [0, 0.05) is 28.8 Å². The third-order valence-corrected chi connectivity index (χ3v) is 2.45. The fourth-order valence-corrected chi connectivity index (χ4v) is 1.50. The first-order valence-electron chi connectivity index (χ1n) is 4.62. The molecule has 0 aliphatic carbocycles. The van der Waals surface area contributed by atoms with Gasteiger partial charge in [0.2, 0.25) is 0 Å². The summed E-state index contributed by atoms with van der Waals surface area (Å²) in [6, 6.07) is 1.73. The van der Waals surface area contributed by atoms with Crippen LogP contribution in [-0.4, -0.2) is 22.8 Å². The lowest BCUT2D eigenvalue weighted by molar-refractivity contribution is 0.0953. The van der Waals surface area contributed by atoms with Gasteiger partial charge in [0.05, 0.1) is 5.56 Å². The molecule has 1 amide bonds. The van der Waals surface area contributed by atoms with E-state index in [-0.39, 0.29) is 11.3 Å². The molecule has 1 aromatic rings. The number of alkyl halides is 1. The SMILES string of the molecule is CC(Cl)CCNC(=O)c1cncc(Br)c1. The molecular formula is C10H12BrClN2O. The lowest BCUT2D eigenvalue weighted by atomic mass is 10.2. The second-order valence-electron chi connectivity index (χ2n) is 3.22. The van der Waals surface area contributed by atoms with Crippen molar-refractivity contribution in [1.82, 2.24) is 10.3 Å². The summed E-state index contributed by atoms with van der Waals surface area (Å²) in [6.07, 6.45) is 3.93. The average Bonchev–Trinajstić information content (AvgIpc) is 2.17. The van der Waals surface area contributed by atoms with Crippen molar-refractivity contribution in [3.05, 3.63) is 28.5 Å². The summed E-state index contributed by atoms with van der Waals surface area (Å²) < 4.78 is 0.792. The number of hydrogen-bond acceptors (Lipinski definition) is 2. The Labute approximate surface area is 102 Å². The lowest BCUT2D eigenvalue weighted by Gasteiger charge is -2.05. The molecule has 0 aromatic carbocycles. The van der Waals surface area contributed by atoms with Gasteiger partial charge in [0.25, 0.3) is 5.91 Å². The van der Waals surface area contributed by atoms with Crippen molar-refractivity contribution in [2.45, 2.75) is 18.7 Å². The van der Waals surface area contributed by atoms with Crippen LogP contribution in [0.25, 0.3) is 0 Å². The zero-order valence-electron chi connectivity index (χ0n) is 8.34. The van der Waals surface area contributed by atoms with Crippen LogP contribution in [0.1, 0.15) is 23.7 Å². The molecule has 5 heteroatoms. The quantitative estimate of drug-likeness (QED) is 0.867. The molecule has 0 spiro atoms. The molecule has 15 heavy (non-hydrogen) atoms. The third-order valence-electron chi connectivity index (χ3n) is 1.79. The molecule has 0 radical (unpaired) electrons. The van der Waals surface area contributed by atoms with E-state index in [2.05, 4.69) is 26.2 Å². The van der Waals surface area contributed by atoms with Crippen molar-refractivity contribution in [3.8, 4) is 0 Å². The summed E-state index contributed by atoms with van der Waals surface area (Å²) in [7, 11) is 0. The monoisotopic (exact) mass is 290 g/mol. The van der Waals surface area contributed by atoms with Crippen LogP contribution < -0.4 is 5.32 Å². The minimum Gasteiger partial charge on any atom is -0.352 e. The van der Waals surface area contributed by atoms with Crippen molar-refractivity contribution < 1.29 is 4.79 Å². The van der Waals surface area contributed by atoms with E-state index in [0.717, 1.165) is 10.9 Å². The molecule has 0 saturated heterocycles. The maximum absolute atomic E-state index is 11.6. The summed E-state index contributed by atoms with van der Waals surface area (Å²) >= 11 is 9.02. The van der Waals surface area contributed by atoms with E-state index in [1.165, 1.54) is 6.20 Å². The Morgan fingerprint density at radius 2 is 2.40 bits per heavy atom. The lowest BCUT2D eigenvalue weighted by Crippen LogP contribution is -2.25. The molecule has 82 valence electrons. The van der Waals surface area contributed by atoms with Crippen molar-refractivity contribution in [2.75, 3.05) is 6.54 Å². The molecule has 1 unspecified atom stereocenters. The number of nitrogens with one attached hydrogen (secondary N) is 1. The van der Waals surface area contributed by atoms with E-state index in [1.54, 1.807) is 12.3 Å². The Morgan fingerprint density at radius 1 is 1.67 bits per heavy atom. The number of halogens is 2. The van der Waals surface area contributed by atoms with Gasteiger partial charge in [0.15, 0.2) is 0 Å².